The van der Waals surface area contributed by atoms with Crippen molar-refractivity contribution in [3.05, 3.63) is 0 Å². The standard InChI is InChI=1S/C18H35N3O/c1-3-4-5-6-7-8-9-10-11-12-18(22)20-19-17-13-15-21(2)16-14-17/h3-16H2,1-2H3,(H,20,22). The third kappa shape index (κ3) is 9.93. The van der Waals surface area contributed by atoms with Gasteiger partial charge in [-0.3, -0.25) is 4.79 Å². The van der Waals surface area contributed by atoms with Crippen LogP contribution >= 0.6 is 0 Å². The monoisotopic (exact) mass is 309 g/mol. The Kier molecular flexibility index (Phi) is 11.0. The molecule has 0 radical (unpaired) electrons. The maximum atomic E-state index is 11.7. The van der Waals surface area contributed by atoms with Gasteiger partial charge < -0.3 is 4.90 Å². The molecule has 1 aliphatic rings. The lowest BCUT2D eigenvalue weighted by Gasteiger charge is -2.22. The predicted molar refractivity (Wildman–Crippen MR) is 94.2 cm³/mol. The van der Waals surface area contributed by atoms with Gasteiger partial charge in [-0.05, 0) is 13.5 Å². The number of rotatable bonds is 11. The molecule has 4 nitrogen and oxygen atoms in total. The molecule has 1 saturated heterocycles. The second-order valence-electron chi connectivity index (χ2n) is 6.59. The maximum Gasteiger partial charge on any atom is 0.240 e. The average molecular weight is 309 g/mol. The molecule has 1 amide bonds. The van der Waals surface area contributed by atoms with Crippen molar-refractivity contribution in [3.63, 3.8) is 0 Å². The van der Waals surface area contributed by atoms with Crippen LogP contribution in [0.5, 0.6) is 0 Å². The summed E-state index contributed by atoms with van der Waals surface area (Å²) in [5.74, 6) is 0.0781. The summed E-state index contributed by atoms with van der Waals surface area (Å²) in [7, 11) is 2.12. The van der Waals surface area contributed by atoms with Gasteiger partial charge in [0.1, 0.15) is 0 Å². The number of hydrogen-bond donors (Lipinski definition) is 1. The number of carbonyl (C=O) groups is 1. The van der Waals surface area contributed by atoms with E-state index >= 15 is 0 Å². The van der Waals surface area contributed by atoms with Crippen LogP contribution in [0.3, 0.4) is 0 Å². The van der Waals surface area contributed by atoms with E-state index in [9.17, 15) is 4.79 Å². The van der Waals surface area contributed by atoms with E-state index in [4.69, 9.17) is 0 Å². The first-order valence-corrected chi connectivity index (χ1v) is 9.25. The Hall–Kier alpha value is -0.900. The van der Waals surface area contributed by atoms with Gasteiger partial charge >= 0.3 is 0 Å². The summed E-state index contributed by atoms with van der Waals surface area (Å²) < 4.78 is 0. The second kappa shape index (κ2) is 12.6. The highest BCUT2D eigenvalue weighted by atomic mass is 16.2. The highest BCUT2D eigenvalue weighted by Crippen LogP contribution is 2.10. The molecule has 0 aromatic heterocycles. The van der Waals surface area contributed by atoms with Gasteiger partial charge in [0, 0.05) is 38.1 Å². The SMILES string of the molecule is CCCCCCCCCCCC(=O)NN=C1CCN(C)CC1. The van der Waals surface area contributed by atoms with Crippen molar-refractivity contribution in [3.8, 4) is 0 Å². The van der Waals surface area contributed by atoms with E-state index in [0.717, 1.165) is 38.1 Å². The second-order valence-corrected chi connectivity index (χ2v) is 6.59. The molecule has 0 saturated carbocycles. The van der Waals surface area contributed by atoms with E-state index in [-0.39, 0.29) is 5.91 Å². The Labute approximate surface area is 136 Å². The number of amides is 1. The first-order valence-electron chi connectivity index (χ1n) is 9.25. The number of nitrogens with zero attached hydrogens (tertiary/aromatic N) is 2. The minimum Gasteiger partial charge on any atom is -0.306 e. The molecule has 0 unspecified atom stereocenters. The minimum atomic E-state index is 0.0781. The fraction of sp³-hybridized carbons (Fsp3) is 0.889. The molecule has 4 heteroatoms. The third-order valence-corrected chi connectivity index (χ3v) is 4.41. The van der Waals surface area contributed by atoms with E-state index in [1.165, 1.54) is 51.4 Å². The van der Waals surface area contributed by atoms with Gasteiger partial charge in [0.2, 0.25) is 5.91 Å². The van der Waals surface area contributed by atoms with Crippen molar-refractivity contribution in [2.75, 3.05) is 20.1 Å². The van der Waals surface area contributed by atoms with Gasteiger partial charge in [-0.15, -0.1) is 0 Å². The van der Waals surface area contributed by atoms with Crippen molar-refractivity contribution in [2.45, 2.75) is 84.0 Å². The van der Waals surface area contributed by atoms with E-state index in [2.05, 4.69) is 29.4 Å². The van der Waals surface area contributed by atoms with Crippen LogP contribution in [0.4, 0.5) is 0 Å². The van der Waals surface area contributed by atoms with Crippen LogP contribution < -0.4 is 5.43 Å². The zero-order chi connectivity index (χ0) is 16.0. The topological polar surface area (TPSA) is 44.7 Å². The van der Waals surface area contributed by atoms with Gasteiger partial charge in [0.25, 0.3) is 0 Å². The van der Waals surface area contributed by atoms with Gasteiger partial charge in [0.15, 0.2) is 0 Å². The lowest BCUT2D eigenvalue weighted by molar-refractivity contribution is -0.121. The molecule has 1 N–H and O–H groups in total. The summed E-state index contributed by atoms with van der Waals surface area (Å²) in [4.78, 5) is 14.0. The van der Waals surface area contributed by atoms with Crippen LogP contribution in [0, 0.1) is 0 Å². The Morgan fingerprint density at radius 3 is 2.14 bits per heavy atom. The first-order chi connectivity index (χ1) is 10.7. The minimum absolute atomic E-state index is 0.0781. The number of unbranched alkanes of at least 4 members (excludes halogenated alkanes) is 8. The van der Waals surface area contributed by atoms with E-state index in [0.29, 0.717) is 6.42 Å². The fourth-order valence-electron chi connectivity index (χ4n) is 2.78. The van der Waals surface area contributed by atoms with Crippen molar-refractivity contribution < 1.29 is 4.79 Å². The number of nitrogens with one attached hydrogen (secondary N) is 1. The molecule has 0 bridgehead atoms. The third-order valence-electron chi connectivity index (χ3n) is 4.41. The number of piperidine rings is 1. The number of carbonyl (C=O) groups excluding carboxylic acids is 1. The van der Waals surface area contributed by atoms with Crippen LogP contribution in [-0.4, -0.2) is 36.7 Å². The van der Waals surface area contributed by atoms with E-state index in [1.807, 2.05) is 0 Å². The molecule has 128 valence electrons. The maximum absolute atomic E-state index is 11.7. The molecule has 0 aromatic carbocycles. The molecule has 0 spiro atoms. The van der Waals surface area contributed by atoms with Gasteiger partial charge in [-0.25, -0.2) is 5.43 Å². The fourth-order valence-corrected chi connectivity index (χ4v) is 2.78. The predicted octanol–water partition coefficient (Wildman–Crippen LogP) is 4.11. The molecule has 0 aromatic rings. The van der Waals surface area contributed by atoms with E-state index in [1.54, 1.807) is 0 Å². The summed E-state index contributed by atoms with van der Waals surface area (Å²) in [5, 5.41) is 4.26. The van der Waals surface area contributed by atoms with Crippen molar-refractivity contribution in [1.29, 1.82) is 0 Å². The number of hydrazone groups is 1. The quantitative estimate of drug-likeness (QED) is 0.461. The van der Waals surface area contributed by atoms with Crippen LogP contribution in [0.15, 0.2) is 5.10 Å². The van der Waals surface area contributed by atoms with Crippen molar-refractivity contribution in [2.24, 2.45) is 5.10 Å². The zero-order valence-electron chi connectivity index (χ0n) is 14.7. The highest BCUT2D eigenvalue weighted by molar-refractivity contribution is 5.87. The Balaban J connectivity index is 1.92. The largest absolute Gasteiger partial charge is 0.306 e. The molecular weight excluding hydrogens is 274 g/mol. The van der Waals surface area contributed by atoms with Gasteiger partial charge in [0.05, 0.1) is 0 Å². The summed E-state index contributed by atoms with van der Waals surface area (Å²) in [5.41, 5.74) is 3.86. The lowest BCUT2D eigenvalue weighted by Crippen LogP contribution is -2.31. The molecule has 1 fully saturated rings. The normalized spacial score (nSPS) is 15.8. The summed E-state index contributed by atoms with van der Waals surface area (Å²) >= 11 is 0. The average Bonchev–Trinajstić information content (AvgIpc) is 2.53. The van der Waals surface area contributed by atoms with Crippen molar-refractivity contribution in [1.82, 2.24) is 10.3 Å². The molecule has 1 aliphatic heterocycles. The lowest BCUT2D eigenvalue weighted by atomic mass is 10.1. The smallest absolute Gasteiger partial charge is 0.240 e. The van der Waals surface area contributed by atoms with Crippen molar-refractivity contribution >= 4 is 11.6 Å². The Morgan fingerprint density at radius 2 is 1.55 bits per heavy atom. The Morgan fingerprint density at radius 1 is 1.00 bits per heavy atom. The molecular formula is C18H35N3O. The summed E-state index contributed by atoms with van der Waals surface area (Å²) in [6.45, 7) is 4.35. The first kappa shape index (κ1) is 19.1. The summed E-state index contributed by atoms with van der Waals surface area (Å²) in [6, 6.07) is 0. The number of likely N-dealkylation sites (tertiary alicyclic amines) is 1. The number of hydrogen-bond acceptors (Lipinski definition) is 3. The molecule has 22 heavy (non-hydrogen) atoms. The van der Waals surface area contributed by atoms with Crippen LogP contribution in [0.25, 0.3) is 0 Å². The molecule has 0 aliphatic carbocycles. The zero-order valence-corrected chi connectivity index (χ0v) is 14.7. The highest BCUT2D eigenvalue weighted by Gasteiger charge is 2.11. The van der Waals surface area contributed by atoms with Crippen LogP contribution in [0.1, 0.15) is 84.0 Å². The molecule has 1 heterocycles. The molecule has 0 atom stereocenters. The van der Waals surface area contributed by atoms with Crippen LogP contribution in [-0.2, 0) is 4.79 Å². The summed E-state index contributed by atoms with van der Waals surface area (Å²) in [6.07, 6.45) is 14.1. The van der Waals surface area contributed by atoms with E-state index < -0.39 is 0 Å². The van der Waals surface area contributed by atoms with Crippen LogP contribution in [0.2, 0.25) is 0 Å². The molecule has 1 rings (SSSR count). The van der Waals surface area contributed by atoms with Gasteiger partial charge in [-0.2, -0.15) is 5.10 Å². The Bertz CT molecular complexity index is 318. The van der Waals surface area contributed by atoms with Gasteiger partial charge in [-0.1, -0.05) is 58.3 Å².